The molecule has 2 saturated carbocycles. The molecule has 1 amide bonds. The molecule has 0 saturated heterocycles. The predicted molar refractivity (Wildman–Crippen MR) is 75.9 cm³/mol. The Hall–Kier alpha value is -0.290. The molecule has 98 valence electrons. The van der Waals surface area contributed by atoms with E-state index in [1.807, 2.05) is 0 Å². The predicted octanol–water partition coefficient (Wildman–Crippen LogP) is 2.74. The Balaban J connectivity index is 1.88. The summed E-state index contributed by atoms with van der Waals surface area (Å²) in [6.45, 7) is 6.67. The minimum atomic E-state index is -0.0671. The first-order valence-electron chi connectivity index (χ1n) is 6.31. The maximum atomic E-state index is 12.5. The van der Waals surface area contributed by atoms with Crippen LogP contribution in [0.5, 0.6) is 0 Å². The van der Waals surface area contributed by atoms with E-state index >= 15 is 0 Å². The van der Waals surface area contributed by atoms with E-state index in [1.165, 1.54) is 23.5 Å². The van der Waals surface area contributed by atoms with Crippen LogP contribution < -0.4 is 0 Å². The molecular weight excluding hydrogens is 266 g/mol. The highest BCUT2D eigenvalue weighted by atomic mass is 32.2. The highest BCUT2D eigenvalue weighted by Crippen LogP contribution is 2.66. The van der Waals surface area contributed by atoms with Crippen molar-refractivity contribution in [3.63, 3.8) is 0 Å². The number of ketones is 1. The number of fused-ring (bicyclic) bond motifs is 2. The Morgan fingerprint density at radius 2 is 2.06 bits per heavy atom. The molecule has 1 heterocycles. The summed E-state index contributed by atoms with van der Waals surface area (Å²) in [6.07, 6.45) is 2.14. The smallest absolute Gasteiger partial charge is 0.257 e. The van der Waals surface area contributed by atoms with Crippen LogP contribution >= 0.6 is 23.5 Å². The number of thioether (sulfide) groups is 2. The van der Waals surface area contributed by atoms with Crippen molar-refractivity contribution < 1.29 is 9.59 Å². The molecule has 3 aliphatic rings. The maximum Gasteiger partial charge on any atom is 0.257 e. The molecule has 3 nitrogen and oxygen atoms in total. The topological polar surface area (TPSA) is 46.5 Å². The van der Waals surface area contributed by atoms with Crippen LogP contribution in [0, 0.1) is 16.7 Å². The summed E-state index contributed by atoms with van der Waals surface area (Å²) < 4.78 is 0.794. The number of amides is 1. The normalized spacial score (nSPS) is 41.6. The third-order valence-corrected chi connectivity index (χ3v) is 7.88. The third-order valence-electron chi connectivity index (χ3n) is 5.23. The fraction of sp³-hybridized carbons (Fsp3) is 0.769. The molecule has 0 aromatic rings. The van der Waals surface area contributed by atoms with Crippen LogP contribution in [0.25, 0.3) is 0 Å². The zero-order valence-corrected chi connectivity index (χ0v) is 12.5. The quantitative estimate of drug-likeness (QED) is 0.742. The van der Waals surface area contributed by atoms with Crippen molar-refractivity contribution in [2.75, 3.05) is 5.75 Å². The van der Waals surface area contributed by atoms with E-state index in [0.717, 1.165) is 17.2 Å². The van der Waals surface area contributed by atoms with E-state index in [0.29, 0.717) is 11.5 Å². The van der Waals surface area contributed by atoms with Crippen molar-refractivity contribution in [2.45, 2.75) is 38.9 Å². The monoisotopic (exact) mass is 283 g/mol. The molecule has 0 radical (unpaired) electrons. The van der Waals surface area contributed by atoms with Gasteiger partial charge in [0.15, 0.2) is 0 Å². The van der Waals surface area contributed by atoms with Gasteiger partial charge in [0.25, 0.3) is 5.91 Å². The average Bonchev–Trinajstić information content (AvgIpc) is 2.82. The molecule has 1 aliphatic heterocycles. The number of nitrogens with zero attached hydrogens (tertiary/aromatic N) is 1. The summed E-state index contributed by atoms with van der Waals surface area (Å²) in [5.41, 5.74) is 0.129. The van der Waals surface area contributed by atoms with E-state index in [4.69, 9.17) is 0 Å². The number of Topliss-reactive ketones (excluding diaryl/α,β-unsaturated/α-hetero) is 1. The number of hydrogen-bond acceptors (Lipinski definition) is 4. The van der Waals surface area contributed by atoms with Crippen LogP contribution in [0.1, 0.15) is 33.6 Å². The molecule has 0 aromatic carbocycles. The molecule has 5 heteroatoms. The van der Waals surface area contributed by atoms with Gasteiger partial charge in [0.1, 0.15) is 10.2 Å². The second-order valence-electron chi connectivity index (χ2n) is 6.19. The SMILES string of the molecule is CC1(C)[C@@H]2CC[C@]1(C)[C@H](SC1=NC(=O)CS1)C2=O. The summed E-state index contributed by atoms with van der Waals surface area (Å²) in [5, 5.41) is -0.0107. The lowest BCUT2D eigenvalue weighted by molar-refractivity contribution is -0.122. The Labute approximate surface area is 116 Å². The Morgan fingerprint density at radius 1 is 1.33 bits per heavy atom. The number of carbonyl (C=O) groups excluding carboxylic acids is 2. The molecule has 2 fully saturated rings. The van der Waals surface area contributed by atoms with Crippen LogP contribution in [0.15, 0.2) is 4.99 Å². The van der Waals surface area contributed by atoms with Crippen molar-refractivity contribution in [3.05, 3.63) is 0 Å². The number of aliphatic imine (C=N–C) groups is 1. The first-order valence-corrected chi connectivity index (χ1v) is 8.17. The van der Waals surface area contributed by atoms with E-state index in [9.17, 15) is 9.59 Å². The number of hydrogen-bond donors (Lipinski definition) is 0. The summed E-state index contributed by atoms with van der Waals surface area (Å²) in [7, 11) is 0. The molecule has 3 rings (SSSR count). The lowest BCUT2D eigenvalue weighted by atomic mass is 9.71. The van der Waals surface area contributed by atoms with Crippen LogP contribution in [0.4, 0.5) is 0 Å². The second kappa shape index (κ2) is 3.85. The minimum Gasteiger partial charge on any atom is -0.298 e. The van der Waals surface area contributed by atoms with Crippen molar-refractivity contribution in [1.82, 2.24) is 0 Å². The van der Waals surface area contributed by atoms with Gasteiger partial charge < -0.3 is 0 Å². The van der Waals surface area contributed by atoms with Crippen molar-refractivity contribution >= 4 is 39.6 Å². The summed E-state index contributed by atoms with van der Waals surface area (Å²) >= 11 is 3.01. The molecule has 0 spiro atoms. The van der Waals surface area contributed by atoms with Gasteiger partial charge in [0.05, 0.1) is 11.0 Å². The fourth-order valence-corrected chi connectivity index (χ4v) is 6.16. The van der Waals surface area contributed by atoms with Crippen molar-refractivity contribution in [2.24, 2.45) is 21.7 Å². The lowest BCUT2D eigenvalue weighted by Crippen LogP contribution is -2.36. The van der Waals surface area contributed by atoms with Crippen LogP contribution in [0.2, 0.25) is 0 Å². The van der Waals surface area contributed by atoms with Crippen LogP contribution in [-0.4, -0.2) is 27.1 Å². The van der Waals surface area contributed by atoms with E-state index in [1.54, 1.807) is 0 Å². The van der Waals surface area contributed by atoms with Crippen molar-refractivity contribution in [1.29, 1.82) is 0 Å². The lowest BCUT2D eigenvalue weighted by Gasteiger charge is -2.37. The molecular formula is C13H17NO2S2. The molecule has 2 aliphatic carbocycles. The maximum absolute atomic E-state index is 12.5. The molecule has 0 aromatic heterocycles. The zero-order chi connectivity index (χ0) is 13.1. The van der Waals surface area contributed by atoms with Gasteiger partial charge in [0, 0.05) is 5.92 Å². The average molecular weight is 283 g/mol. The van der Waals surface area contributed by atoms with Gasteiger partial charge >= 0.3 is 0 Å². The Morgan fingerprint density at radius 3 is 2.56 bits per heavy atom. The van der Waals surface area contributed by atoms with Gasteiger partial charge in [-0.3, -0.25) is 9.59 Å². The van der Waals surface area contributed by atoms with Gasteiger partial charge in [-0.2, -0.15) is 4.99 Å². The van der Waals surface area contributed by atoms with Gasteiger partial charge in [0.2, 0.25) is 0 Å². The largest absolute Gasteiger partial charge is 0.298 e. The zero-order valence-electron chi connectivity index (χ0n) is 10.9. The third kappa shape index (κ3) is 1.49. The van der Waals surface area contributed by atoms with Gasteiger partial charge in [-0.25, -0.2) is 0 Å². The minimum absolute atomic E-state index is 0.0107. The van der Waals surface area contributed by atoms with E-state index < -0.39 is 0 Å². The van der Waals surface area contributed by atoms with Crippen LogP contribution in [0.3, 0.4) is 0 Å². The Bertz CT molecular complexity index is 472. The highest BCUT2D eigenvalue weighted by Gasteiger charge is 2.66. The molecule has 2 bridgehead atoms. The summed E-state index contributed by atoms with van der Waals surface area (Å²) in [4.78, 5) is 27.7. The van der Waals surface area contributed by atoms with E-state index in [-0.39, 0.29) is 27.9 Å². The van der Waals surface area contributed by atoms with E-state index in [2.05, 4.69) is 25.8 Å². The molecule has 18 heavy (non-hydrogen) atoms. The standard InChI is InChI=1S/C13H17NO2S2/c1-12(2)7-4-5-13(12,3)10(9(7)16)18-11-14-8(15)6-17-11/h7,10H,4-6H2,1-3H3/t7-,10-,13-/m1/s1. The Kier molecular flexibility index (Phi) is 2.73. The fourth-order valence-electron chi connectivity index (χ4n) is 3.63. The first-order chi connectivity index (χ1) is 8.36. The van der Waals surface area contributed by atoms with Crippen molar-refractivity contribution in [3.8, 4) is 0 Å². The van der Waals surface area contributed by atoms with Crippen LogP contribution in [-0.2, 0) is 9.59 Å². The van der Waals surface area contributed by atoms with Gasteiger partial charge in [-0.15, -0.1) is 0 Å². The van der Waals surface area contributed by atoms with Gasteiger partial charge in [-0.05, 0) is 23.7 Å². The first kappa shape index (κ1) is 12.7. The molecule has 3 atom stereocenters. The number of rotatable bonds is 1. The summed E-state index contributed by atoms with van der Waals surface area (Å²) in [6, 6.07) is 0. The second-order valence-corrected chi connectivity index (χ2v) is 8.51. The van der Waals surface area contributed by atoms with Gasteiger partial charge in [-0.1, -0.05) is 44.3 Å². The molecule has 0 N–H and O–H groups in total. The number of carbonyl (C=O) groups is 2. The highest BCUT2D eigenvalue weighted by molar-refractivity contribution is 8.39. The summed E-state index contributed by atoms with van der Waals surface area (Å²) in [5.74, 6) is 0.943. The molecule has 0 unspecified atom stereocenters.